The van der Waals surface area contributed by atoms with Crippen molar-refractivity contribution in [1.82, 2.24) is 0 Å². The first-order valence-electron chi connectivity index (χ1n) is 8.18. The Hall–Kier alpha value is -0.730. The van der Waals surface area contributed by atoms with Crippen LogP contribution in [0.15, 0.2) is 0 Å². The van der Waals surface area contributed by atoms with Crippen LogP contribution in [-0.2, 0) is 9.47 Å². The number of rotatable bonds is 10. The van der Waals surface area contributed by atoms with Gasteiger partial charge in [0, 0.05) is 0 Å². The van der Waals surface area contributed by atoms with Crippen LogP contribution in [0.3, 0.4) is 0 Å². The van der Waals surface area contributed by atoms with Crippen molar-refractivity contribution in [3.63, 3.8) is 0 Å². The zero-order chi connectivity index (χ0) is 15.5. The van der Waals surface area contributed by atoms with Gasteiger partial charge in [-0.25, -0.2) is 4.79 Å². The zero-order valence-corrected chi connectivity index (χ0v) is 14.3. The number of carbonyl (C=O) groups excluding carboxylic acids is 1. The molecular weight excluding hydrogens is 252 g/mol. The van der Waals surface area contributed by atoms with Crippen molar-refractivity contribution in [1.29, 1.82) is 0 Å². The summed E-state index contributed by atoms with van der Waals surface area (Å²) in [7, 11) is 0. The predicted molar refractivity (Wildman–Crippen MR) is 83.8 cm³/mol. The Morgan fingerprint density at radius 2 is 1.10 bits per heavy atom. The molecule has 0 aromatic heterocycles. The normalized spacial score (nSPS) is 17.1. The highest BCUT2D eigenvalue weighted by molar-refractivity contribution is 5.59. The molecule has 3 nitrogen and oxygen atoms in total. The predicted octanol–water partition coefficient (Wildman–Crippen LogP) is 5.28. The molecule has 0 heterocycles. The van der Waals surface area contributed by atoms with E-state index in [2.05, 4.69) is 41.5 Å². The summed E-state index contributed by atoms with van der Waals surface area (Å²) in [6.45, 7) is 14.0. The standard InChI is InChI=1S/C17H34O3/c1-7-13(3)9-15(5)11-19-17(18)20-12-16(6)10-14(4)8-2/h13-16H,7-12H2,1-6H3. The first-order valence-corrected chi connectivity index (χ1v) is 8.18. The van der Waals surface area contributed by atoms with Crippen LogP contribution in [0.5, 0.6) is 0 Å². The van der Waals surface area contributed by atoms with Crippen LogP contribution < -0.4 is 0 Å². The van der Waals surface area contributed by atoms with E-state index in [1.54, 1.807) is 0 Å². The van der Waals surface area contributed by atoms with Crippen LogP contribution in [0.2, 0.25) is 0 Å². The molecule has 0 radical (unpaired) electrons. The van der Waals surface area contributed by atoms with Gasteiger partial charge in [0.05, 0.1) is 13.2 Å². The average molecular weight is 286 g/mol. The fraction of sp³-hybridized carbons (Fsp3) is 0.941. The van der Waals surface area contributed by atoms with Gasteiger partial charge in [-0.3, -0.25) is 0 Å². The second-order valence-corrected chi connectivity index (χ2v) is 6.58. The summed E-state index contributed by atoms with van der Waals surface area (Å²) < 4.78 is 10.3. The van der Waals surface area contributed by atoms with Gasteiger partial charge in [-0.1, -0.05) is 54.4 Å². The van der Waals surface area contributed by atoms with Gasteiger partial charge in [-0.15, -0.1) is 0 Å². The minimum atomic E-state index is -0.517. The molecule has 0 aliphatic heterocycles. The number of hydrogen-bond acceptors (Lipinski definition) is 3. The zero-order valence-electron chi connectivity index (χ0n) is 14.3. The lowest BCUT2D eigenvalue weighted by Gasteiger charge is -2.17. The lowest BCUT2D eigenvalue weighted by Crippen LogP contribution is -2.18. The van der Waals surface area contributed by atoms with Gasteiger partial charge in [0.1, 0.15) is 0 Å². The number of carbonyl (C=O) groups is 1. The van der Waals surface area contributed by atoms with E-state index in [4.69, 9.17) is 9.47 Å². The molecule has 0 aliphatic rings. The topological polar surface area (TPSA) is 35.5 Å². The SMILES string of the molecule is CCC(C)CC(C)COC(=O)OCC(C)CC(C)CC. The fourth-order valence-corrected chi connectivity index (χ4v) is 2.31. The van der Waals surface area contributed by atoms with E-state index < -0.39 is 6.16 Å². The Balaban J connectivity index is 3.73. The van der Waals surface area contributed by atoms with Gasteiger partial charge in [-0.2, -0.15) is 0 Å². The van der Waals surface area contributed by atoms with Crippen molar-refractivity contribution in [2.24, 2.45) is 23.7 Å². The molecule has 0 aromatic rings. The Bertz CT molecular complexity index is 229. The molecule has 120 valence electrons. The second-order valence-electron chi connectivity index (χ2n) is 6.58. The van der Waals surface area contributed by atoms with Crippen molar-refractivity contribution in [3.8, 4) is 0 Å². The van der Waals surface area contributed by atoms with Crippen molar-refractivity contribution in [2.75, 3.05) is 13.2 Å². The summed E-state index contributed by atoms with van der Waals surface area (Å²) in [5.74, 6) is 2.16. The molecule has 3 heteroatoms. The van der Waals surface area contributed by atoms with Crippen molar-refractivity contribution < 1.29 is 14.3 Å². The molecule has 0 spiro atoms. The van der Waals surface area contributed by atoms with E-state index in [9.17, 15) is 4.79 Å². The monoisotopic (exact) mass is 286 g/mol. The van der Waals surface area contributed by atoms with Crippen molar-refractivity contribution in [2.45, 2.75) is 67.2 Å². The van der Waals surface area contributed by atoms with E-state index in [0.29, 0.717) is 36.9 Å². The van der Waals surface area contributed by atoms with E-state index in [1.807, 2.05) is 0 Å². The first-order chi connectivity index (χ1) is 9.38. The van der Waals surface area contributed by atoms with Crippen LogP contribution in [0.25, 0.3) is 0 Å². The summed E-state index contributed by atoms with van der Waals surface area (Å²) in [5, 5.41) is 0. The van der Waals surface area contributed by atoms with Crippen molar-refractivity contribution in [3.05, 3.63) is 0 Å². The van der Waals surface area contributed by atoms with Crippen LogP contribution in [0.1, 0.15) is 67.2 Å². The molecule has 4 atom stereocenters. The molecular formula is C17H34O3. The molecule has 0 saturated carbocycles. The average Bonchev–Trinajstić information content (AvgIpc) is 2.42. The molecule has 0 bridgehead atoms. The van der Waals surface area contributed by atoms with E-state index in [-0.39, 0.29) is 0 Å². The minimum Gasteiger partial charge on any atom is -0.434 e. The lowest BCUT2D eigenvalue weighted by atomic mass is 9.96. The quantitative estimate of drug-likeness (QED) is 0.512. The van der Waals surface area contributed by atoms with E-state index >= 15 is 0 Å². The van der Waals surface area contributed by atoms with Crippen LogP contribution in [0.4, 0.5) is 4.79 Å². The molecule has 0 aliphatic carbocycles. The van der Waals surface area contributed by atoms with Crippen LogP contribution >= 0.6 is 0 Å². The highest BCUT2D eigenvalue weighted by Gasteiger charge is 2.13. The molecule has 0 N–H and O–H groups in total. The maximum atomic E-state index is 11.5. The highest BCUT2D eigenvalue weighted by atomic mass is 16.7. The molecule has 4 unspecified atom stereocenters. The van der Waals surface area contributed by atoms with Crippen LogP contribution in [-0.4, -0.2) is 19.4 Å². The summed E-state index contributed by atoms with van der Waals surface area (Å²) >= 11 is 0. The first kappa shape index (κ1) is 19.3. The van der Waals surface area contributed by atoms with Gasteiger partial charge < -0.3 is 9.47 Å². The molecule has 0 rings (SSSR count). The Morgan fingerprint density at radius 1 is 0.750 bits per heavy atom. The molecule has 0 fully saturated rings. The molecule has 0 amide bonds. The Kier molecular flexibility index (Phi) is 10.6. The van der Waals surface area contributed by atoms with Crippen LogP contribution in [0, 0.1) is 23.7 Å². The summed E-state index contributed by atoms with van der Waals surface area (Å²) in [6.07, 6.45) is 4.00. The van der Waals surface area contributed by atoms with Gasteiger partial charge in [0.2, 0.25) is 0 Å². The summed E-state index contributed by atoms with van der Waals surface area (Å²) in [4.78, 5) is 11.5. The van der Waals surface area contributed by atoms with E-state index in [1.165, 1.54) is 12.8 Å². The summed E-state index contributed by atoms with van der Waals surface area (Å²) in [5.41, 5.74) is 0. The minimum absolute atomic E-state index is 0.398. The number of hydrogen-bond donors (Lipinski definition) is 0. The van der Waals surface area contributed by atoms with Crippen molar-refractivity contribution >= 4 is 6.16 Å². The molecule has 0 aromatic carbocycles. The highest BCUT2D eigenvalue weighted by Crippen LogP contribution is 2.16. The van der Waals surface area contributed by atoms with Gasteiger partial charge >= 0.3 is 6.16 Å². The van der Waals surface area contributed by atoms with Gasteiger partial charge in [-0.05, 0) is 36.5 Å². The third-order valence-electron chi connectivity index (χ3n) is 3.97. The number of ether oxygens (including phenoxy) is 2. The Labute approximate surface area is 125 Å². The maximum absolute atomic E-state index is 11.5. The van der Waals surface area contributed by atoms with Gasteiger partial charge in [0.25, 0.3) is 0 Å². The third kappa shape index (κ3) is 10.1. The fourth-order valence-electron chi connectivity index (χ4n) is 2.31. The maximum Gasteiger partial charge on any atom is 0.508 e. The lowest BCUT2D eigenvalue weighted by molar-refractivity contribution is 0.0334. The third-order valence-corrected chi connectivity index (χ3v) is 3.97. The second kappa shape index (κ2) is 11.0. The molecule has 0 saturated heterocycles. The Morgan fingerprint density at radius 3 is 1.40 bits per heavy atom. The smallest absolute Gasteiger partial charge is 0.434 e. The summed E-state index contributed by atoms with van der Waals surface area (Å²) in [6, 6.07) is 0. The molecule has 20 heavy (non-hydrogen) atoms. The largest absolute Gasteiger partial charge is 0.508 e. The van der Waals surface area contributed by atoms with E-state index in [0.717, 1.165) is 12.8 Å². The van der Waals surface area contributed by atoms with Gasteiger partial charge in [0.15, 0.2) is 0 Å².